The minimum Gasteiger partial charge on any atom is -0.467 e. The third kappa shape index (κ3) is 3.12. The Balaban J connectivity index is 1.73. The Morgan fingerprint density at radius 3 is 2.89 bits per heavy atom. The van der Waals surface area contributed by atoms with Crippen molar-refractivity contribution in [2.45, 2.75) is 26.3 Å². The van der Waals surface area contributed by atoms with Crippen LogP contribution in [0.2, 0.25) is 0 Å². The molecule has 3 aromatic rings. The molecule has 138 valence electrons. The van der Waals surface area contributed by atoms with Crippen LogP contribution in [0.15, 0.2) is 56.8 Å². The van der Waals surface area contributed by atoms with E-state index in [0.29, 0.717) is 12.3 Å². The highest BCUT2D eigenvalue weighted by molar-refractivity contribution is 6.06. The van der Waals surface area contributed by atoms with E-state index < -0.39 is 17.2 Å². The Morgan fingerprint density at radius 1 is 1.26 bits per heavy atom. The molecule has 7 heteroatoms. The fourth-order valence-electron chi connectivity index (χ4n) is 3.45. The van der Waals surface area contributed by atoms with Crippen LogP contribution in [0.3, 0.4) is 0 Å². The van der Waals surface area contributed by atoms with Gasteiger partial charge in [0.05, 0.1) is 12.8 Å². The number of H-pyrrole nitrogens is 1. The zero-order valence-electron chi connectivity index (χ0n) is 14.9. The Kier molecular flexibility index (Phi) is 4.27. The van der Waals surface area contributed by atoms with Crippen molar-refractivity contribution in [3.05, 3.63) is 86.1 Å². The molecule has 1 aliphatic heterocycles. The first-order valence-corrected chi connectivity index (χ1v) is 8.81. The van der Waals surface area contributed by atoms with E-state index in [1.165, 1.54) is 12.5 Å². The summed E-state index contributed by atoms with van der Waals surface area (Å²) in [5, 5.41) is 0. The van der Waals surface area contributed by atoms with E-state index in [1.54, 1.807) is 17.0 Å². The lowest BCUT2D eigenvalue weighted by atomic mass is 9.99. The maximum absolute atomic E-state index is 13.1. The standard InChI is InChI=1S/C20H19N3O4/c1-13-6-7-17-14(10-13)4-2-8-22(17)18(24)16-11-21-20(26)23(19(16)25)12-15-5-3-9-27-15/h3,5-7,9-11H,2,4,8,12H2,1H3,(H,21,26). The number of furan rings is 1. The summed E-state index contributed by atoms with van der Waals surface area (Å²) in [6.07, 6.45) is 4.39. The van der Waals surface area contributed by atoms with Crippen molar-refractivity contribution in [1.29, 1.82) is 0 Å². The second kappa shape index (κ2) is 6.75. The molecule has 0 atom stereocenters. The molecule has 3 heterocycles. The number of amides is 1. The van der Waals surface area contributed by atoms with Gasteiger partial charge in [-0.05, 0) is 43.5 Å². The quantitative estimate of drug-likeness (QED) is 0.770. The van der Waals surface area contributed by atoms with Crippen molar-refractivity contribution < 1.29 is 9.21 Å². The second-order valence-corrected chi connectivity index (χ2v) is 6.67. The van der Waals surface area contributed by atoms with Crippen LogP contribution in [-0.4, -0.2) is 22.0 Å². The highest BCUT2D eigenvalue weighted by Crippen LogP contribution is 2.28. The summed E-state index contributed by atoms with van der Waals surface area (Å²) in [4.78, 5) is 42.1. The third-order valence-corrected chi connectivity index (χ3v) is 4.78. The molecule has 7 nitrogen and oxygen atoms in total. The first-order valence-electron chi connectivity index (χ1n) is 8.81. The first kappa shape index (κ1) is 17.1. The number of aromatic nitrogens is 2. The van der Waals surface area contributed by atoms with Crippen molar-refractivity contribution in [3.8, 4) is 0 Å². The molecule has 0 saturated heterocycles. The number of benzene rings is 1. The number of anilines is 1. The van der Waals surface area contributed by atoms with Gasteiger partial charge in [-0.15, -0.1) is 0 Å². The van der Waals surface area contributed by atoms with Crippen molar-refractivity contribution in [2.24, 2.45) is 0 Å². The van der Waals surface area contributed by atoms with E-state index in [2.05, 4.69) is 11.1 Å². The van der Waals surface area contributed by atoms with Gasteiger partial charge in [0.25, 0.3) is 11.5 Å². The lowest BCUT2D eigenvalue weighted by Crippen LogP contribution is -2.43. The molecular weight excluding hydrogens is 346 g/mol. The maximum Gasteiger partial charge on any atom is 0.328 e. The summed E-state index contributed by atoms with van der Waals surface area (Å²) in [6, 6.07) is 9.28. The van der Waals surface area contributed by atoms with Crippen molar-refractivity contribution in [3.63, 3.8) is 0 Å². The summed E-state index contributed by atoms with van der Waals surface area (Å²) in [5.41, 5.74) is 1.78. The fraction of sp³-hybridized carbons (Fsp3) is 0.250. The highest BCUT2D eigenvalue weighted by atomic mass is 16.3. The highest BCUT2D eigenvalue weighted by Gasteiger charge is 2.26. The van der Waals surface area contributed by atoms with Gasteiger partial charge in [0.1, 0.15) is 11.3 Å². The molecule has 0 aliphatic carbocycles. The summed E-state index contributed by atoms with van der Waals surface area (Å²) >= 11 is 0. The number of aromatic amines is 1. The Morgan fingerprint density at radius 2 is 2.11 bits per heavy atom. The number of aryl methyl sites for hydroxylation is 2. The van der Waals surface area contributed by atoms with Crippen molar-refractivity contribution in [2.75, 3.05) is 11.4 Å². The lowest BCUT2D eigenvalue weighted by Gasteiger charge is -2.29. The van der Waals surface area contributed by atoms with E-state index in [1.807, 2.05) is 19.1 Å². The SMILES string of the molecule is Cc1ccc2c(c1)CCCN2C(=O)c1c[nH]c(=O)n(Cc2ccco2)c1=O. The molecule has 1 amide bonds. The average Bonchev–Trinajstić information content (AvgIpc) is 3.17. The molecule has 1 N–H and O–H groups in total. The lowest BCUT2D eigenvalue weighted by molar-refractivity contribution is 0.0982. The Labute approximate surface area is 154 Å². The van der Waals surface area contributed by atoms with Gasteiger partial charge in [0.15, 0.2) is 0 Å². The molecule has 0 radical (unpaired) electrons. The van der Waals surface area contributed by atoms with E-state index >= 15 is 0 Å². The molecule has 1 aromatic carbocycles. The van der Waals surface area contributed by atoms with E-state index in [4.69, 9.17) is 4.42 Å². The zero-order valence-corrected chi connectivity index (χ0v) is 14.9. The summed E-state index contributed by atoms with van der Waals surface area (Å²) in [7, 11) is 0. The first-order chi connectivity index (χ1) is 13.0. The summed E-state index contributed by atoms with van der Waals surface area (Å²) in [6.45, 7) is 2.51. The van der Waals surface area contributed by atoms with Gasteiger partial charge in [0, 0.05) is 18.4 Å². The molecular formula is C20H19N3O4. The van der Waals surface area contributed by atoms with E-state index in [0.717, 1.165) is 34.2 Å². The van der Waals surface area contributed by atoms with Gasteiger partial charge >= 0.3 is 5.69 Å². The third-order valence-electron chi connectivity index (χ3n) is 4.78. The minimum absolute atomic E-state index is 0.0297. The number of hydrogen-bond acceptors (Lipinski definition) is 4. The number of fused-ring (bicyclic) bond motifs is 1. The number of carbonyl (C=O) groups excluding carboxylic acids is 1. The van der Waals surface area contributed by atoms with Gasteiger partial charge in [-0.1, -0.05) is 17.7 Å². The molecule has 0 fully saturated rings. The second-order valence-electron chi connectivity index (χ2n) is 6.67. The molecule has 2 aromatic heterocycles. The number of nitrogens with zero attached hydrogens (tertiary/aromatic N) is 2. The van der Waals surface area contributed by atoms with Crippen LogP contribution in [0.25, 0.3) is 0 Å². The van der Waals surface area contributed by atoms with E-state index in [-0.39, 0.29) is 12.1 Å². The minimum atomic E-state index is -0.626. The molecule has 0 unspecified atom stereocenters. The monoisotopic (exact) mass is 365 g/mol. The Bertz CT molecular complexity index is 1110. The van der Waals surface area contributed by atoms with Crippen LogP contribution in [0.4, 0.5) is 5.69 Å². The number of carbonyl (C=O) groups is 1. The van der Waals surface area contributed by atoms with E-state index in [9.17, 15) is 14.4 Å². The predicted octanol–water partition coefficient (Wildman–Crippen LogP) is 2.08. The molecule has 0 bridgehead atoms. The van der Waals surface area contributed by atoms with Crippen LogP contribution in [0.1, 0.15) is 33.7 Å². The van der Waals surface area contributed by atoms with Crippen LogP contribution < -0.4 is 16.1 Å². The van der Waals surface area contributed by atoms with Crippen molar-refractivity contribution in [1.82, 2.24) is 9.55 Å². The summed E-state index contributed by atoms with van der Waals surface area (Å²) in [5.74, 6) is 0.0558. The number of nitrogens with one attached hydrogen (secondary N) is 1. The van der Waals surface area contributed by atoms with Crippen molar-refractivity contribution >= 4 is 11.6 Å². The van der Waals surface area contributed by atoms with Gasteiger partial charge in [-0.25, -0.2) is 4.79 Å². The van der Waals surface area contributed by atoms with Gasteiger partial charge in [-0.3, -0.25) is 14.2 Å². The zero-order chi connectivity index (χ0) is 19.0. The van der Waals surface area contributed by atoms with Gasteiger partial charge < -0.3 is 14.3 Å². The largest absolute Gasteiger partial charge is 0.467 e. The van der Waals surface area contributed by atoms with Gasteiger partial charge in [0.2, 0.25) is 0 Å². The van der Waals surface area contributed by atoms with Crippen LogP contribution in [0, 0.1) is 6.92 Å². The molecule has 0 saturated carbocycles. The van der Waals surface area contributed by atoms with Crippen LogP contribution >= 0.6 is 0 Å². The van der Waals surface area contributed by atoms with Gasteiger partial charge in [-0.2, -0.15) is 0 Å². The fourth-order valence-corrected chi connectivity index (χ4v) is 3.45. The smallest absolute Gasteiger partial charge is 0.328 e. The van der Waals surface area contributed by atoms with Crippen LogP contribution in [-0.2, 0) is 13.0 Å². The topological polar surface area (TPSA) is 88.3 Å². The molecule has 0 spiro atoms. The van der Waals surface area contributed by atoms with Crippen LogP contribution in [0.5, 0.6) is 0 Å². The Hall–Kier alpha value is -3.35. The maximum atomic E-state index is 13.1. The molecule has 1 aliphatic rings. The molecule has 4 rings (SSSR count). The number of hydrogen-bond donors (Lipinski definition) is 1. The molecule has 27 heavy (non-hydrogen) atoms. The average molecular weight is 365 g/mol. The predicted molar refractivity (Wildman–Crippen MR) is 100 cm³/mol. The summed E-state index contributed by atoms with van der Waals surface area (Å²) < 4.78 is 6.19. The normalized spacial score (nSPS) is 13.4. The number of rotatable bonds is 3.